The molecule has 0 spiro atoms. The lowest BCUT2D eigenvalue weighted by atomic mass is 9.99. The Morgan fingerprint density at radius 1 is 1.13 bits per heavy atom. The van der Waals surface area contributed by atoms with Gasteiger partial charge in [-0.3, -0.25) is 14.6 Å². The molecule has 208 valence electrons. The minimum atomic E-state index is -3.96. The molecule has 2 heterocycles. The van der Waals surface area contributed by atoms with Crippen LogP contribution in [-0.2, 0) is 33.4 Å². The summed E-state index contributed by atoms with van der Waals surface area (Å²) in [6.07, 6.45) is 4.59. The van der Waals surface area contributed by atoms with Crippen molar-refractivity contribution in [2.45, 2.75) is 44.6 Å². The van der Waals surface area contributed by atoms with Gasteiger partial charge in [0.1, 0.15) is 16.5 Å². The topological polar surface area (TPSA) is 122 Å². The summed E-state index contributed by atoms with van der Waals surface area (Å²) in [6, 6.07) is 13.7. The number of nitrogens with zero attached hydrogens (tertiary/aromatic N) is 4. The monoisotopic (exact) mass is 571 g/mol. The van der Waals surface area contributed by atoms with E-state index in [1.54, 1.807) is 25.1 Å². The summed E-state index contributed by atoms with van der Waals surface area (Å²) >= 11 is 1.28. The Bertz CT molecular complexity index is 1420. The summed E-state index contributed by atoms with van der Waals surface area (Å²) in [7, 11) is 0.282. The van der Waals surface area contributed by atoms with E-state index in [2.05, 4.69) is 22.1 Å². The molecular formula is C27H33N5O5S2. The van der Waals surface area contributed by atoms with Crippen LogP contribution in [0.5, 0.6) is 5.75 Å². The number of nitrogens with one attached hydrogen (secondary N) is 1. The highest BCUT2D eigenvalue weighted by Crippen LogP contribution is 2.49. The number of methoxy groups -OCH3 is 1. The highest BCUT2D eigenvalue weighted by Gasteiger charge is 2.54. The van der Waals surface area contributed by atoms with Gasteiger partial charge in [-0.1, -0.05) is 30.3 Å². The van der Waals surface area contributed by atoms with Gasteiger partial charge in [-0.15, -0.1) is 11.3 Å². The number of aryl methyl sites for hydroxylation is 2. The number of amides is 2. The molecule has 39 heavy (non-hydrogen) atoms. The van der Waals surface area contributed by atoms with Gasteiger partial charge in [-0.05, 0) is 50.3 Å². The van der Waals surface area contributed by atoms with Gasteiger partial charge in [0.25, 0.3) is 5.91 Å². The van der Waals surface area contributed by atoms with E-state index in [1.165, 1.54) is 31.0 Å². The fourth-order valence-corrected chi connectivity index (χ4v) is 5.77. The van der Waals surface area contributed by atoms with Crippen molar-refractivity contribution >= 4 is 33.4 Å². The largest absolute Gasteiger partial charge is 0.495 e. The third-order valence-electron chi connectivity index (χ3n) is 6.73. The molecule has 10 nitrogen and oxygen atoms in total. The van der Waals surface area contributed by atoms with Gasteiger partial charge in [-0.2, -0.15) is 12.7 Å². The molecule has 2 aromatic heterocycles. The highest BCUT2D eigenvalue weighted by atomic mass is 32.2. The molecule has 1 N–H and O–H groups in total. The average Bonchev–Trinajstić information content (AvgIpc) is 3.64. The third-order valence-corrected chi connectivity index (χ3v) is 9.09. The maximum Gasteiger partial charge on any atom is 0.303 e. The molecule has 1 fully saturated rings. The number of hydrogen-bond donors (Lipinski definition) is 1. The van der Waals surface area contributed by atoms with Crippen LogP contribution in [0.2, 0.25) is 0 Å². The van der Waals surface area contributed by atoms with Gasteiger partial charge < -0.3 is 9.64 Å². The summed E-state index contributed by atoms with van der Waals surface area (Å²) in [4.78, 5) is 38.0. The molecule has 0 atom stereocenters. The average molecular weight is 572 g/mol. The van der Waals surface area contributed by atoms with E-state index in [4.69, 9.17) is 4.74 Å². The maximum atomic E-state index is 14.0. The number of carbonyl (C=O) groups excluding carboxylic acids is 2. The minimum absolute atomic E-state index is 0.0257. The Hall–Kier alpha value is -3.35. The molecule has 4 rings (SSSR count). The van der Waals surface area contributed by atoms with Gasteiger partial charge in [0.05, 0.1) is 31.0 Å². The Morgan fingerprint density at radius 2 is 1.85 bits per heavy atom. The Morgan fingerprint density at radius 3 is 2.44 bits per heavy atom. The fraction of sp³-hybridized carbons (Fsp3) is 0.407. The first-order valence-electron chi connectivity index (χ1n) is 12.6. The van der Waals surface area contributed by atoms with Crippen LogP contribution in [0.1, 0.15) is 50.9 Å². The molecule has 1 aliphatic carbocycles. The number of thiazole rings is 1. The van der Waals surface area contributed by atoms with Gasteiger partial charge in [-0.25, -0.2) is 9.71 Å². The molecule has 12 heteroatoms. The van der Waals surface area contributed by atoms with E-state index in [1.807, 2.05) is 35.1 Å². The van der Waals surface area contributed by atoms with E-state index >= 15 is 0 Å². The molecule has 0 saturated heterocycles. The van der Waals surface area contributed by atoms with Crippen LogP contribution in [0.4, 0.5) is 0 Å². The van der Waals surface area contributed by atoms with Gasteiger partial charge in [0.2, 0.25) is 5.91 Å². The predicted molar refractivity (Wildman–Crippen MR) is 149 cm³/mol. The van der Waals surface area contributed by atoms with Gasteiger partial charge in [0.15, 0.2) is 0 Å². The van der Waals surface area contributed by atoms with Crippen molar-refractivity contribution in [3.05, 3.63) is 75.5 Å². The van der Waals surface area contributed by atoms with Crippen molar-refractivity contribution in [3.63, 3.8) is 0 Å². The van der Waals surface area contributed by atoms with Gasteiger partial charge in [0, 0.05) is 25.5 Å². The van der Waals surface area contributed by atoms with Crippen molar-refractivity contribution in [1.29, 1.82) is 0 Å². The zero-order valence-corrected chi connectivity index (χ0v) is 24.1. The molecular weight excluding hydrogens is 538 g/mol. The number of pyridine rings is 1. The van der Waals surface area contributed by atoms with E-state index in [0.717, 1.165) is 17.1 Å². The number of rotatable bonds is 12. The highest BCUT2D eigenvalue weighted by molar-refractivity contribution is 7.87. The quantitative estimate of drug-likeness (QED) is 0.355. The van der Waals surface area contributed by atoms with E-state index < -0.39 is 21.5 Å². The molecule has 1 saturated carbocycles. The SMILES string of the molecule is COc1ccc(C2(C(=O)N(CCCc3ccccc3)Cc3nc(C(=O)NS(=O)(=O)N(C)C)c(C)s3)CC2)nc1. The lowest BCUT2D eigenvalue weighted by Gasteiger charge is -2.27. The molecule has 0 bridgehead atoms. The summed E-state index contributed by atoms with van der Waals surface area (Å²) in [5.74, 6) is -0.198. The lowest BCUT2D eigenvalue weighted by molar-refractivity contribution is -0.134. The van der Waals surface area contributed by atoms with E-state index in [0.29, 0.717) is 40.7 Å². The van der Waals surface area contributed by atoms with Gasteiger partial charge >= 0.3 is 10.2 Å². The summed E-state index contributed by atoms with van der Waals surface area (Å²) in [5, 5.41) is 0.562. The zero-order valence-electron chi connectivity index (χ0n) is 22.5. The van der Waals surface area contributed by atoms with Crippen LogP contribution in [0.15, 0.2) is 48.7 Å². The summed E-state index contributed by atoms with van der Waals surface area (Å²) in [6.45, 7) is 2.43. The first-order valence-corrected chi connectivity index (χ1v) is 14.9. The zero-order chi connectivity index (χ0) is 28.2. The lowest BCUT2D eigenvalue weighted by Crippen LogP contribution is -2.40. The molecule has 0 aliphatic heterocycles. The van der Waals surface area contributed by atoms with Crippen LogP contribution >= 0.6 is 11.3 Å². The number of ether oxygens (including phenoxy) is 1. The number of aromatic nitrogens is 2. The van der Waals surface area contributed by atoms with E-state index in [9.17, 15) is 18.0 Å². The van der Waals surface area contributed by atoms with Crippen LogP contribution < -0.4 is 9.46 Å². The number of hydrogen-bond acceptors (Lipinski definition) is 8. The van der Waals surface area contributed by atoms with Crippen molar-refractivity contribution in [3.8, 4) is 5.75 Å². The first-order chi connectivity index (χ1) is 18.6. The third kappa shape index (κ3) is 6.63. The molecule has 1 aromatic carbocycles. The van der Waals surface area contributed by atoms with Crippen molar-refractivity contribution in [1.82, 2.24) is 23.9 Å². The second kappa shape index (κ2) is 11.8. The number of benzene rings is 1. The predicted octanol–water partition coefficient (Wildman–Crippen LogP) is 3.08. The second-order valence-corrected chi connectivity index (χ2v) is 12.9. The van der Waals surface area contributed by atoms with Crippen LogP contribution in [0.25, 0.3) is 0 Å². The van der Waals surface area contributed by atoms with Crippen LogP contribution in [0.3, 0.4) is 0 Å². The second-order valence-electron chi connectivity index (χ2n) is 9.71. The molecule has 2 amide bonds. The standard InChI is InChI=1S/C27H33N5O5S2/c1-19-24(25(33)30-39(35,36)31(2)3)29-23(38-19)18-32(16-8-11-20-9-6-5-7-10-20)26(34)27(14-15-27)22-13-12-21(37-4)17-28-22/h5-7,9-10,12-13,17H,8,11,14-16,18H2,1-4H3,(H,30,33). The summed E-state index contributed by atoms with van der Waals surface area (Å²) in [5.41, 5.74) is 1.25. The van der Waals surface area contributed by atoms with Crippen LogP contribution in [0, 0.1) is 6.92 Å². The van der Waals surface area contributed by atoms with Crippen molar-refractivity contribution in [2.75, 3.05) is 27.7 Å². The Balaban J connectivity index is 1.55. The molecule has 0 radical (unpaired) electrons. The maximum absolute atomic E-state index is 14.0. The van der Waals surface area contributed by atoms with E-state index in [-0.39, 0.29) is 18.1 Å². The molecule has 3 aromatic rings. The Kier molecular flexibility index (Phi) is 8.67. The molecule has 1 aliphatic rings. The summed E-state index contributed by atoms with van der Waals surface area (Å²) < 4.78 is 32.4. The minimum Gasteiger partial charge on any atom is -0.495 e. The molecule has 0 unspecified atom stereocenters. The van der Waals surface area contributed by atoms with Crippen molar-refractivity contribution in [2.24, 2.45) is 0 Å². The van der Waals surface area contributed by atoms with Crippen molar-refractivity contribution < 1.29 is 22.7 Å². The normalized spacial score (nSPS) is 14.2. The Labute approximate surface area is 233 Å². The first kappa shape index (κ1) is 28.7. The smallest absolute Gasteiger partial charge is 0.303 e. The van der Waals surface area contributed by atoms with Crippen LogP contribution in [-0.4, -0.2) is 67.2 Å². The number of carbonyl (C=O) groups is 2. The fourth-order valence-electron chi connectivity index (χ4n) is 4.31.